The second-order valence-electron chi connectivity index (χ2n) is 7.09. The molecule has 0 bridgehead atoms. The van der Waals surface area contributed by atoms with Crippen molar-refractivity contribution in [1.82, 2.24) is 9.80 Å². The zero-order valence-electron chi connectivity index (χ0n) is 16.2. The van der Waals surface area contributed by atoms with E-state index in [1.165, 1.54) is 22.6 Å². The summed E-state index contributed by atoms with van der Waals surface area (Å²) in [5, 5.41) is 2.41. The molecule has 2 rings (SSSR count). The van der Waals surface area contributed by atoms with Gasteiger partial charge in [-0.2, -0.15) is 0 Å². The number of aldehydes is 1. The molecule has 0 saturated carbocycles. The summed E-state index contributed by atoms with van der Waals surface area (Å²) in [6.45, 7) is 8.16. The highest BCUT2D eigenvalue weighted by Crippen LogP contribution is 2.35. The van der Waals surface area contributed by atoms with Gasteiger partial charge in [0.05, 0.1) is 5.41 Å². The van der Waals surface area contributed by atoms with Crippen molar-refractivity contribution < 1.29 is 4.79 Å². The van der Waals surface area contributed by atoms with Gasteiger partial charge in [-0.15, -0.1) is 0 Å². The van der Waals surface area contributed by atoms with Crippen molar-refractivity contribution >= 4 is 17.1 Å². The van der Waals surface area contributed by atoms with Gasteiger partial charge in [-0.1, -0.05) is 56.3 Å². The Morgan fingerprint density at radius 2 is 1.44 bits per heavy atom. The van der Waals surface area contributed by atoms with Gasteiger partial charge >= 0.3 is 0 Å². The van der Waals surface area contributed by atoms with Gasteiger partial charge in [0.1, 0.15) is 6.29 Å². The maximum Gasteiger partial charge on any atom is 0.130 e. The lowest BCUT2D eigenvalue weighted by Crippen LogP contribution is -2.37. The van der Waals surface area contributed by atoms with Crippen LogP contribution in [0.15, 0.2) is 42.5 Å². The molecule has 3 heteroatoms. The van der Waals surface area contributed by atoms with Crippen LogP contribution in [0.5, 0.6) is 0 Å². The van der Waals surface area contributed by atoms with E-state index in [-0.39, 0.29) is 0 Å². The number of hydrogen-bond acceptors (Lipinski definition) is 3. The van der Waals surface area contributed by atoms with E-state index in [4.69, 9.17) is 0 Å². The molecule has 0 spiro atoms. The maximum absolute atomic E-state index is 12.4. The number of hydrogen-bond donors (Lipinski definition) is 0. The van der Waals surface area contributed by atoms with Gasteiger partial charge < -0.3 is 14.6 Å². The molecule has 0 aliphatic rings. The molecule has 0 saturated heterocycles. The molecule has 0 fully saturated rings. The number of rotatable bonds is 10. The third kappa shape index (κ3) is 4.68. The summed E-state index contributed by atoms with van der Waals surface area (Å²) in [5.74, 6) is 0. The van der Waals surface area contributed by atoms with Crippen molar-refractivity contribution in [2.45, 2.75) is 32.1 Å². The lowest BCUT2D eigenvalue weighted by atomic mass is 9.74. The number of carbonyl (C=O) groups excluding carboxylic acids is 1. The van der Waals surface area contributed by atoms with Crippen LogP contribution in [0.4, 0.5) is 0 Å². The predicted octanol–water partition coefficient (Wildman–Crippen LogP) is 3.96. The van der Waals surface area contributed by atoms with Crippen molar-refractivity contribution in [3.63, 3.8) is 0 Å². The summed E-state index contributed by atoms with van der Waals surface area (Å²) in [6, 6.07) is 14.8. The Morgan fingerprint density at radius 1 is 0.880 bits per heavy atom. The first-order valence-electron chi connectivity index (χ1n) is 9.38. The van der Waals surface area contributed by atoms with Crippen LogP contribution in [0, 0.1) is 0 Å². The molecule has 0 N–H and O–H groups in total. The summed E-state index contributed by atoms with van der Waals surface area (Å²) in [4.78, 5) is 17.0. The number of carbonyl (C=O) groups is 1. The van der Waals surface area contributed by atoms with Crippen LogP contribution in [0.1, 0.15) is 32.3 Å². The normalized spacial score (nSPS) is 12.2. The summed E-state index contributed by atoms with van der Waals surface area (Å²) in [7, 11) is 4.24. The Balaban J connectivity index is 2.45. The van der Waals surface area contributed by atoms with Crippen LogP contribution in [0.25, 0.3) is 10.8 Å². The van der Waals surface area contributed by atoms with Gasteiger partial charge in [-0.05, 0) is 69.5 Å². The molecule has 2 aromatic rings. The molecule has 0 amide bonds. The average Bonchev–Trinajstić information content (AvgIpc) is 2.67. The first kappa shape index (κ1) is 19.6. The Bertz CT molecular complexity index is 663. The molecule has 0 aliphatic heterocycles. The molecule has 3 nitrogen and oxygen atoms in total. The number of benzene rings is 2. The molecule has 0 unspecified atom stereocenters. The lowest BCUT2D eigenvalue weighted by molar-refractivity contribution is -0.113. The van der Waals surface area contributed by atoms with E-state index in [1.54, 1.807) is 0 Å². The van der Waals surface area contributed by atoms with Crippen molar-refractivity contribution in [2.24, 2.45) is 0 Å². The van der Waals surface area contributed by atoms with Gasteiger partial charge in [-0.3, -0.25) is 0 Å². The van der Waals surface area contributed by atoms with E-state index in [1.807, 2.05) is 0 Å². The smallest absolute Gasteiger partial charge is 0.130 e. The Hall–Kier alpha value is -1.71. The molecule has 0 aliphatic carbocycles. The van der Waals surface area contributed by atoms with E-state index < -0.39 is 5.41 Å². The molecule has 0 radical (unpaired) electrons. The largest absolute Gasteiger partial charge is 0.307 e. The number of nitrogens with zero attached hydrogens (tertiary/aromatic N) is 2. The van der Waals surface area contributed by atoms with Crippen LogP contribution < -0.4 is 0 Å². The quantitative estimate of drug-likeness (QED) is 0.612. The van der Waals surface area contributed by atoms with E-state index in [0.717, 1.165) is 39.0 Å². The minimum atomic E-state index is -0.437. The third-order valence-electron chi connectivity index (χ3n) is 5.51. The molecule has 25 heavy (non-hydrogen) atoms. The molecular weight excluding hydrogens is 308 g/mol. The minimum absolute atomic E-state index is 0.437. The molecule has 2 aromatic carbocycles. The second kappa shape index (κ2) is 9.12. The van der Waals surface area contributed by atoms with E-state index in [0.29, 0.717) is 0 Å². The Morgan fingerprint density at radius 3 is 2.00 bits per heavy atom. The summed E-state index contributed by atoms with van der Waals surface area (Å²) >= 11 is 0. The van der Waals surface area contributed by atoms with Gasteiger partial charge in [0.25, 0.3) is 0 Å². The topological polar surface area (TPSA) is 23.6 Å². The molecule has 136 valence electrons. The van der Waals surface area contributed by atoms with E-state index in [9.17, 15) is 4.79 Å². The van der Waals surface area contributed by atoms with Gasteiger partial charge in [0, 0.05) is 0 Å². The highest BCUT2D eigenvalue weighted by molar-refractivity contribution is 5.90. The molecule has 0 atom stereocenters. The monoisotopic (exact) mass is 340 g/mol. The second-order valence-corrected chi connectivity index (χ2v) is 7.09. The predicted molar refractivity (Wildman–Crippen MR) is 107 cm³/mol. The van der Waals surface area contributed by atoms with Gasteiger partial charge in [-0.25, -0.2) is 0 Å². The third-order valence-corrected chi connectivity index (χ3v) is 5.51. The van der Waals surface area contributed by atoms with Crippen molar-refractivity contribution in [2.75, 3.05) is 40.3 Å². The minimum Gasteiger partial charge on any atom is -0.307 e. The SMILES string of the molecule is CCN(C)CCC(C=O)(CCN(C)CC)c1cccc2ccccc12. The van der Waals surface area contributed by atoms with Gasteiger partial charge in [0.2, 0.25) is 0 Å². The average molecular weight is 341 g/mol. The summed E-state index contributed by atoms with van der Waals surface area (Å²) in [5.41, 5.74) is 0.739. The standard InChI is InChI=1S/C22H32N2O/c1-5-23(3)16-14-22(18-25,15-17-24(4)6-2)21-13-9-11-19-10-7-8-12-20(19)21/h7-13,18H,5-6,14-17H2,1-4H3. The first-order chi connectivity index (χ1) is 12.1. The fourth-order valence-electron chi connectivity index (χ4n) is 3.33. The van der Waals surface area contributed by atoms with E-state index in [2.05, 4.69) is 80.2 Å². The zero-order valence-corrected chi connectivity index (χ0v) is 16.2. The van der Waals surface area contributed by atoms with Crippen LogP contribution in [0.3, 0.4) is 0 Å². The highest BCUT2D eigenvalue weighted by Gasteiger charge is 2.33. The van der Waals surface area contributed by atoms with Crippen molar-refractivity contribution in [3.05, 3.63) is 48.0 Å². The van der Waals surface area contributed by atoms with E-state index >= 15 is 0 Å². The maximum atomic E-state index is 12.4. The first-order valence-corrected chi connectivity index (χ1v) is 9.38. The van der Waals surface area contributed by atoms with Crippen molar-refractivity contribution in [3.8, 4) is 0 Å². The fourth-order valence-corrected chi connectivity index (χ4v) is 3.33. The van der Waals surface area contributed by atoms with Crippen molar-refractivity contribution in [1.29, 1.82) is 0 Å². The summed E-state index contributed by atoms with van der Waals surface area (Å²) < 4.78 is 0. The molecule has 0 heterocycles. The fraction of sp³-hybridized carbons (Fsp3) is 0.500. The zero-order chi connectivity index (χ0) is 18.3. The Labute approximate surface area is 152 Å². The van der Waals surface area contributed by atoms with Crippen LogP contribution in [-0.4, -0.2) is 56.4 Å². The highest BCUT2D eigenvalue weighted by atomic mass is 16.1. The van der Waals surface area contributed by atoms with Crippen LogP contribution in [-0.2, 0) is 10.2 Å². The summed E-state index contributed by atoms with van der Waals surface area (Å²) in [6.07, 6.45) is 2.92. The Kier molecular flexibility index (Phi) is 7.15. The molecule has 0 aromatic heterocycles. The van der Waals surface area contributed by atoms with Crippen LogP contribution >= 0.6 is 0 Å². The number of fused-ring (bicyclic) bond motifs is 1. The molecular formula is C22H32N2O. The van der Waals surface area contributed by atoms with Crippen LogP contribution in [0.2, 0.25) is 0 Å². The van der Waals surface area contributed by atoms with Gasteiger partial charge in [0.15, 0.2) is 0 Å². The lowest BCUT2D eigenvalue weighted by Gasteiger charge is -2.33.